The van der Waals surface area contributed by atoms with E-state index >= 15 is 0 Å². The lowest BCUT2D eigenvalue weighted by molar-refractivity contribution is 0.481. The quantitative estimate of drug-likeness (QED) is 0.458. The van der Waals surface area contributed by atoms with Crippen molar-refractivity contribution in [1.29, 1.82) is 0 Å². The molecular formula is C13H12N2O6S3. The fourth-order valence-electron chi connectivity index (χ4n) is 1.71. The summed E-state index contributed by atoms with van der Waals surface area (Å²) in [4.78, 5) is -0.486. The predicted molar refractivity (Wildman–Crippen MR) is 92.4 cm³/mol. The molecule has 2 rings (SSSR count). The van der Waals surface area contributed by atoms with Crippen molar-refractivity contribution in [2.75, 3.05) is 10.6 Å². The van der Waals surface area contributed by atoms with Crippen LogP contribution < -0.4 is 10.6 Å². The Labute approximate surface area is 144 Å². The Hall–Kier alpha value is -2.05. The maximum absolute atomic E-state index is 10.9. The van der Waals surface area contributed by atoms with Crippen molar-refractivity contribution in [1.82, 2.24) is 0 Å². The van der Waals surface area contributed by atoms with Gasteiger partial charge in [0.2, 0.25) is 0 Å². The van der Waals surface area contributed by atoms with E-state index in [2.05, 4.69) is 10.6 Å². The van der Waals surface area contributed by atoms with Gasteiger partial charge < -0.3 is 10.6 Å². The predicted octanol–water partition coefficient (Wildman–Crippen LogP) is 1.99. The molecule has 0 atom stereocenters. The van der Waals surface area contributed by atoms with Gasteiger partial charge in [-0.05, 0) is 60.7 Å². The summed E-state index contributed by atoms with van der Waals surface area (Å²) in [5.41, 5.74) is 0.962. The molecule has 11 heteroatoms. The minimum atomic E-state index is -4.26. The molecule has 0 saturated carbocycles. The normalized spacial score (nSPS) is 11.8. The first-order chi connectivity index (χ1) is 11.1. The standard InChI is InChI=1S/C13H12N2O6S3/c16-23(17,18)11-5-1-9(2-6-11)14-13(22)15-10-3-7-12(8-4-10)24(19,20)21/h1-8H,(H2,14,15,22)(H,16,17,18)(H,19,20,21). The summed E-state index contributed by atoms with van der Waals surface area (Å²) in [5.74, 6) is 0. The van der Waals surface area contributed by atoms with Gasteiger partial charge in [-0.15, -0.1) is 0 Å². The van der Waals surface area contributed by atoms with E-state index in [1.807, 2.05) is 0 Å². The third kappa shape index (κ3) is 4.97. The van der Waals surface area contributed by atoms with E-state index in [0.717, 1.165) is 0 Å². The highest BCUT2D eigenvalue weighted by Gasteiger charge is 2.10. The zero-order valence-corrected chi connectivity index (χ0v) is 14.3. The van der Waals surface area contributed by atoms with Crippen LogP contribution in [0.4, 0.5) is 11.4 Å². The molecule has 0 fully saturated rings. The Morgan fingerprint density at radius 1 is 0.708 bits per heavy atom. The van der Waals surface area contributed by atoms with Crippen LogP contribution in [0.25, 0.3) is 0 Å². The van der Waals surface area contributed by atoms with Crippen LogP contribution in [-0.2, 0) is 20.2 Å². The second-order valence-corrected chi connectivity index (χ2v) is 7.83. The van der Waals surface area contributed by atoms with Crippen molar-refractivity contribution >= 4 is 48.9 Å². The van der Waals surface area contributed by atoms with Crippen LogP contribution in [-0.4, -0.2) is 31.1 Å². The van der Waals surface area contributed by atoms with Crippen molar-refractivity contribution in [3.8, 4) is 0 Å². The maximum Gasteiger partial charge on any atom is 0.294 e. The molecule has 2 aromatic carbocycles. The number of benzene rings is 2. The molecule has 24 heavy (non-hydrogen) atoms. The van der Waals surface area contributed by atoms with Gasteiger partial charge in [-0.1, -0.05) is 0 Å². The average molecular weight is 388 g/mol. The number of nitrogens with one attached hydrogen (secondary N) is 2. The van der Waals surface area contributed by atoms with E-state index in [-0.39, 0.29) is 14.9 Å². The first-order valence-corrected chi connectivity index (χ1v) is 9.58. The summed E-state index contributed by atoms with van der Waals surface area (Å²) in [5, 5.41) is 5.76. The van der Waals surface area contributed by atoms with Gasteiger partial charge >= 0.3 is 0 Å². The third-order valence-corrected chi connectivity index (χ3v) is 4.76. The molecule has 0 aliphatic carbocycles. The number of thiocarbonyl (C=S) groups is 1. The Morgan fingerprint density at radius 3 is 1.25 bits per heavy atom. The van der Waals surface area contributed by atoms with Gasteiger partial charge in [0.05, 0.1) is 9.79 Å². The van der Waals surface area contributed by atoms with E-state index in [0.29, 0.717) is 11.4 Å². The Morgan fingerprint density at radius 2 is 1.00 bits per heavy atom. The molecule has 0 radical (unpaired) electrons. The van der Waals surface area contributed by atoms with Crippen molar-refractivity contribution in [3.05, 3.63) is 48.5 Å². The second-order valence-electron chi connectivity index (χ2n) is 4.58. The van der Waals surface area contributed by atoms with Crippen LogP contribution in [0, 0.1) is 0 Å². The SMILES string of the molecule is O=S(=O)(O)c1ccc(NC(=S)Nc2ccc(S(=O)(=O)O)cc2)cc1. The molecule has 0 aliphatic heterocycles. The van der Waals surface area contributed by atoms with Crippen LogP contribution in [0.1, 0.15) is 0 Å². The molecule has 8 nitrogen and oxygen atoms in total. The Bertz CT molecular complexity index is 872. The topological polar surface area (TPSA) is 133 Å². The zero-order chi connectivity index (χ0) is 18.0. The van der Waals surface area contributed by atoms with E-state index in [1.54, 1.807) is 0 Å². The van der Waals surface area contributed by atoms with Crippen molar-refractivity contribution in [2.24, 2.45) is 0 Å². The van der Waals surface area contributed by atoms with E-state index in [4.69, 9.17) is 21.3 Å². The van der Waals surface area contributed by atoms with Crippen molar-refractivity contribution < 1.29 is 25.9 Å². The minimum absolute atomic E-state index is 0.175. The lowest BCUT2D eigenvalue weighted by Crippen LogP contribution is -2.19. The molecular weight excluding hydrogens is 376 g/mol. The van der Waals surface area contributed by atoms with Gasteiger partial charge in [-0.25, -0.2) is 0 Å². The Kier molecular flexibility index (Phi) is 5.20. The largest absolute Gasteiger partial charge is 0.332 e. The fourth-order valence-corrected chi connectivity index (χ4v) is 2.91. The molecule has 0 amide bonds. The Balaban J connectivity index is 2.03. The minimum Gasteiger partial charge on any atom is -0.332 e. The number of anilines is 2. The number of rotatable bonds is 4. The first kappa shape index (κ1) is 18.3. The molecule has 0 saturated heterocycles. The van der Waals surface area contributed by atoms with Gasteiger partial charge in [0, 0.05) is 11.4 Å². The van der Waals surface area contributed by atoms with Crippen molar-refractivity contribution in [2.45, 2.75) is 9.79 Å². The van der Waals surface area contributed by atoms with Crippen LogP contribution in [0.2, 0.25) is 0 Å². The molecule has 0 aromatic heterocycles. The van der Waals surface area contributed by atoms with Gasteiger partial charge in [-0.3, -0.25) is 9.11 Å². The van der Waals surface area contributed by atoms with E-state index in [1.165, 1.54) is 48.5 Å². The van der Waals surface area contributed by atoms with Gasteiger partial charge in [-0.2, -0.15) is 16.8 Å². The smallest absolute Gasteiger partial charge is 0.294 e. The highest BCUT2D eigenvalue weighted by atomic mass is 32.2. The molecule has 0 bridgehead atoms. The summed E-state index contributed by atoms with van der Waals surface area (Å²) < 4.78 is 61.5. The molecule has 2 aromatic rings. The summed E-state index contributed by atoms with van der Waals surface area (Å²) in [7, 11) is -8.52. The van der Waals surface area contributed by atoms with E-state index < -0.39 is 20.2 Å². The lowest BCUT2D eigenvalue weighted by atomic mass is 10.3. The van der Waals surface area contributed by atoms with Crippen LogP contribution >= 0.6 is 12.2 Å². The summed E-state index contributed by atoms with van der Waals surface area (Å²) >= 11 is 5.07. The maximum atomic E-state index is 10.9. The highest BCUT2D eigenvalue weighted by molar-refractivity contribution is 7.86. The number of hydrogen-bond acceptors (Lipinski definition) is 5. The highest BCUT2D eigenvalue weighted by Crippen LogP contribution is 2.16. The van der Waals surface area contributed by atoms with Crippen LogP contribution in [0.3, 0.4) is 0 Å². The molecule has 0 unspecified atom stereocenters. The van der Waals surface area contributed by atoms with Gasteiger partial charge in [0.25, 0.3) is 20.2 Å². The molecule has 0 aliphatic rings. The van der Waals surface area contributed by atoms with Gasteiger partial charge in [0.1, 0.15) is 0 Å². The molecule has 4 N–H and O–H groups in total. The summed E-state index contributed by atoms with van der Waals surface area (Å²) in [6.45, 7) is 0. The van der Waals surface area contributed by atoms with Gasteiger partial charge in [0.15, 0.2) is 5.11 Å². The third-order valence-electron chi connectivity index (χ3n) is 2.82. The molecule has 128 valence electrons. The molecule has 0 spiro atoms. The van der Waals surface area contributed by atoms with Crippen molar-refractivity contribution in [3.63, 3.8) is 0 Å². The average Bonchev–Trinajstić information content (AvgIpc) is 2.46. The van der Waals surface area contributed by atoms with Crippen LogP contribution in [0.15, 0.2) is 58.3 Å². The number of hydrogen-bond donors (Lipinski definition) is 4. The monoisotopic (exact) mass is 388 g/mol. The zero-order valence-electron chi connectivity index (χ0n) is 11.9. The van der Waals surface area contributed by atoms with Crippen LogP contribution in [0.5, 0.6) is 0 Å². The first-order valence-electron chi connectivity index (χ1n) is 6.29. The lowest BCUT2D eigenvalue weighted by Gasteiger charge is -2.11. The summed E-state index contributed by atoms with van der Waals surface area (Å²) in [6.07, 6.45) is 0. The second kappa shape index (κ2) is 6.83. The fraction of sp³-hybridized carbons (Fsp3) is 0. The van der Waals surface area contributed by atoms with E-state index in [9.17, 15) is 16.8 Å². The summed E-state index contributed by atoms with van der Waals surface area (Å²) in [6, 6.07) is 10.5. The molecule has 0 heterocycles.